The summed E-state index contributed by atoms with van der Waals surface area (Å²) in [6.07, 6.45) is 2.36. The lowest BCUT2D eigenvalue weighted by molar-refractivity contribution is -0.136. The third kappa shape index (κ3) is 5.45. The third-order valence-corrected chi connectivity index (χ3v) is 6.51. The summed E-state index contributed by atoms with van der Waals surface area (Å²) in [6.45, 7) is 5.02. The lowest BCUT2D eigenvalue weighted by Gasteiger charge is -2.39. The molecule has 1 atom stereocenters. The van der Waals surface area contributed by atoms with Crippen LogP contribution in [0.5, 0.6) is 5.75 Å². The number of hydrogen-bond donors (Lipinski definition) is 1. The van der Waals surface area contributed by atoms with Crippen molar-refractivity contribution in [3.8, 4) is 5.75 Å². The molecule has 4 aromatic rings. The first-order valence-corrected chi connectivity index (χ1v) is 12.5. The lowest BCUT2D eigenvalue weighted by Crippen LogP contribution is -2.42. The molecule has 2 aromatic carbocycles. The van der Waals surface area contributed by atoms with Gasteiger partial charge in [0.2, 0.25) is 5.91 Å². The second-order valence-electron chi connectivity index (χ2n) is 9.43. The smallest absolute Gasteiger partial charge is 0.287 e. The number of benzene rings is 2. The van der Waals surface area contributed by atoms with Crippen molar-refractivity contribution >= 4 is 11.8 Å². The second kappa shape index (κ2) is 10.8. The molecule has 1 unspecified atom stereocenters. The van der Waals surface area contributed by atoms with Crippen molar-refractivity contribution in [1.82, 2.24) is 10.2 Å². The van der Waals surface area contributed by atoms with Gasteiger partial charge in [-0.25, -0.2) is 0 Å². The predicted molar refractivity (Wildman–Crippen MR) is 138 cm³/mol. The number of nitrogens with zero attached hydrogens (tertiary/aromatic N) is 1. The van der Waals surface area contributed by atoms with Crippen molar-refractivity contribution in [2.24, 2.45) is 5.92 Å². The zero-order valence-corrected chi connectivity index (χ0v) is 21.0. The predicted octanol–water partition coefficient (Wildman–Crippen LogP) is 5.51. The van der Waals surface area contributed by atoms with Crippen LogP contribution < -0.4 is 10.1 Å². The Morgan fingerprint density at radius 1 is 1.03 bits per heavy atom. The Labute approximate surface area is 216 Å². The molecule has 7 nitrogen and oxygen atoms in total. The first-order valence-electron chi connectivity index (χ1n) is 12.5. The van der Waals surface area contributed by atoms with Crippen molar-refractivity contribution in [2.75, 3.05) is 6.54 Å². The molecule has 0 bridgehead atoms. The van der Waals surface area contributed by atoms with Gasteiger partial charge >= 0.3 is 0 Å². The van der Waals surface area contributed by atoms with Crippen LogP contribution in [0.25, 0.3) is 0 Å². The van der Waals surface area contributed by atoms with Crippen LogP contribution in [0.4, 0.5) is 0 Å². The van der Waals surface area contributed by atoms with Crippen LogP contribution in [0.1, 0.15) is 58.7 Å². The number of carbonyl (C=O) groups excluding carboxylic acids is 2. The third-order valence-electron chi connectivity index (χ3n) is 6.51. The minimum absolute atomic E-state index is 0.0865. The van der Waals surface area contributed by atoms with Crippen LogP contribution in [0.2, 0.25) is 0 Å². The fourth-order valence-electron chi connectivity index (χ4n) is 4.65. The van der Waals surface area contributed by atoms with Gasteiger partial charge in [0.1, 0.15) is 23.9 Å². The van der Waals surface area contributed by atoms with E-state index >= 15 is 0 Å². The Balaban J connectivity index is 1.31. The fourth-order valence-corrected chi connectivity index (χ4v) is 4.65. The summed E-state index contributed by atoms with van der Waals surface area (Å²) in [5, 5.41) is 2.76. The van der Waals surface area contributed by atoms with Crippen LogP contribution in [-0.4, -0.2) is 23.3 Å². The molecule has 0 saturated heterocycles. The summed E-state index contributed by atoms with van der Waals surface area (Å²) in [6, 6.07) is 22.9. The molecule has 5 rings (SSSR count). The van der Waals surface area contributed by atoms with Gasteiger partial charge in [-0.1, -0.05) is 50.2 Å². The van der Waals surface area contributed by atoms with Gasteiger partial charge in [-0.15, -0.1) is 0 Å². The van der Waals surface area contributed by atoms with E-state index in [0.29, 0.717) is 23.8 Å². The van der Waals surface area contributed by atoms with E-state index in [1.54, 1.807) is 30.5 Å². The summed E-state index contributed by atoms with van der Waals surface area (Å²) >= 11 is 0. The molecule has 0 spiro atoms. The Bertz CT molecular complexity index is 1360. The minimum Gasteiger partial charge on any atom is -0.486 e. The van der Waals surface area contributed by atoms with E-state index in [0.717, 1.165) is 17.5 Å². The lowest BCUT2D eigenvalue weighted by atomic mass is 9.87. The molecule has 37 heavy (non-hydrogen) atoms. The van der Waals surface area contributed by atoms with Gasteiger partial charge in [0.25, 0.3) is 5.91 Å². The zero-order chi connectivity index (χ0) is 25.8. The first kappa shape index (κ1) is 24.4. The van der Waals surface area contributed by atoms with Gasteiger partial charge in [0.15, 0.2) is 5.76 Å². The van der Waals surface area contributed by atoms with Gasteiger partial charge < -0.3 is 23.8 Å². The molecule has 1 aliphatic rings. The largest absolute Gasteiger partial charge is 0.486 e. The number of ether oxygens (including phenoxy) is 1. The van der Waals surface area contributed by atoms with E-state index in [-0.39, 0.29) is 42.7 Å². The van der Waals surface area contributed by atoms with Gasteiger partial charge in [-0.05, 0) is 59.5 Å². The molecule has 0 radical (unpaired) electrons. The molecule has 0 fully saturated rings. The van der Waals surface area contributed by atoms with Gasteiger partial charge in [-0.3, -0.25) is 9.59 Å². The van der Waals surface area contributed by atoms with Crippen LogP contribution in [0.15, 0.2) is 87.9 Å². The maximum absolute atomic E-state index is 13.1. The number of furan rings is 2. The summed E-state index contributed by atoms with van der Waals surface area (Å²) in [5.74, 6) is 1.82. The van der Waals surface area contributed by atoms with Crippen molar-refractivity contribution in [3.63, 3.8) is 0 Å². The molecular weight excluding hydrogens is 468 g/mol. The minimum atomic E-state index is -0.322. The molecule has 3 heterocycles. The molecule has 2 aromatic heterocycles. The highest BCUT2D eigenvalue weighted by molar-refractivity contribution is 5.91. The van der Waals surface area contributed by atoms with Crippen molar-refractivity contribution in [1.29, 1.82) is 0 Å². The Hall–Kier alpha value is -4.26. The van der Waals surface area contributed by atoms with E-state index in [2.05, 4.69) is 23.5 Å². The van der Waals surface area contributed by atoms with Crippen LogP contribution in [0.3, 0.4) is 0 Å². The number of rotatable bonds is 8. The zero-order valence-electron chi connectivity index (χ0n) is 21.0. The highest BCUT2D eigenvalue weighted by Crippen LogP contribution is 2.38. The SMILES string of the molecule is CC(C)C(=O)N1CCc2ccc(OCc3ccc(C(=O)NCc4ccco4)o3)cc2C1c1ccccc1. The molecule has 0 aliphatic carbocycles. The summed E-state index contributed by atoms with van der Waals surface area (Å²) in [7, 11) is 0. The normalized spacial score (nSPS) is 14.9. The van der Waals surface area contributed by atoms with E-state index in [1.165, 1.54) is 5.56 Å². The van der Waals surface area contributed by atoms with E-state index < -0.39 is 0 Å². The first-order chi connectivity index (χ1) is 18.0. The average molecular weight is 499 g/mol. The van der Waals surface area contributed by atoms with E-state index in [1.807, 2.05) is 49.1 Å². The quantitative estimate of drug-likeness (QED) is 0.346. The summed E-state index contributed by atoms with van der Waals surface area (Å²) < 4.78 is 17.0. The van der Waals surface area contributed by atoms with Crippen LogP contribution in [-0.2, 0) is 24.4 Å². The fraction of sp³-hybridized carbons (Fsp3) is 0.267. The average Bonchev–Trinajstić information content (AvgIpc) is 3.62. The second-order valence-corrected chi connectivity index (χ2v) is 9.43. The standard InChI is InChI=1S/C30H30N2O5/c1-20(2)30(34)32-15-14-21-10-11-23(17-26(21)28(32)22-7-4-3-5-8-22)36-19-25-12-13-27(37-25)29(33)31-18-24-9-6-16-35-24/h3-13,16-17,20,28H,14-15,18-19H2,1-2H3,(H,31,33). The number of fused-ring (bicyclic) bond motifs is 1. The van der Waals surface area contributed by atoms with Gasteiger partial charge in [-0.2, -0.15) is 0 Å². The molecule has 1 N–H and O–H groups in total. The molecule has 190 valence electrons. The van der Waals surface area contributed by atoms with E-state index in [9.17, 15) is 9.59 Å². The van der Waals surface area contributed by atoms with Crippen LogP contribution in [0, 0.1) is 5.92 Å². The molecule has 1 aliphatic heterocycles. The van der Waals surface area contributed by atoms with E-state index in [4.69, 9.17) is 13.6 Å². The van der Waals surface area contributed by atoms with Gasteiger partial charge in [0.05, 0.1) is 18.8 Å². The number of hydrogen-bond acceptors (Lipinski definition) is 5. The topological polar surface area (TPSA) is 84.9 Å². The molecule has 0 saturated carbocycles. The Kier molecular flexibility index (Phi) is 7.12. The summed E-state index contributed by atoms with van der Waals surface area (Å²) in [5.41, 5.74) is 3.36. The van der Waals surface area contributed by atoms with Crippen LogP contribution >= 0.6 is 0 Å². The van der Waals surface area contributed by atoms with Crippen molar-refractivity contribution in [2.45, 2.75) is 39.5 Å². The van der Waals surface area contributed by atoms with Gasteiger partial charge in [0, 0.05) is 12.5 Å². The number of nitrogens with one attached hydrogen (secondary N) is 1. The maximum atomic E-state index is 13.1. The highest BCUT2D eigenvalue weighted by Gasteiger charge is 2.33. The highest BCUT2D eigenvalue weighted by atomic mass is 16.5. The Morgan fingerprint density at radius 2 is 1.86 bits per heavy atom. The maximum Gasteiger partial charge on any atom is 0.287 e. The molecule has 2 amide bonds. The molecule has 7 heteroatoms. The monoisotopic (exact) mass is 498 g/mol. The summed E-state index contributed by atoms with van der Waals surface area (Å²) in [4.78, 5) is 27.5. The molecular formula is C30H30N2O5. The van der Waals surface area contributed by atoms with Crippen molar-refractivity contribution < 1.29 is 23.2 Å². The number of carbonyl (C=O) groups is 2. The Morgan fingerprint density at radius 3 is 2.62 bits per heavy atom. The van der Waals surface area contributed by atoms with Crippen molar-refractivity contribution in [3.05, 3.63) is 113 Å². The number of amides is 2.